The van der Waals surface area contributed by atoms with Crippen LogP contribution in [0.1, 0.15) is 32.1 Å². The molecule has 0 aromatic carbocycles. The van der Waals surface area contributed by atoms with Crippen LogP contribution in [0.3, 0.4) is 0 Å². The van der Waals surface area contributed by atoms with Crippen molar-refractivity contribution < 1.29 is 13.3 Å². The summed E-state index contributed by atoms with van der Waals surface area (Å²) in [6.07, 6.45) is 5.00. The molecule has 1 aliphatic rings. The highest BCUT2D eigenvalue weighted by atomic mass is 31.2. The van der Waals surface area contributed by atoms with Crippen LogP contribution >= 0.6 is 8.34 Å². The van der Waals surface area contributed by atoms with Crippen molar-refractivity contribution in [2.24, 2.45) is 0 Å². The molecular formula is C6H11FO2P+. The average molecular weight is 165 g/mol. The molecule has 1 fully saturated rings. The summed E-state index contributed by atoms with van der Waals surface area (Å²) in [5.41, 5.74) is 0. The van der Waals surface area contributed by atoms with Gasteiger partial charge in [-0.3, -0.25) is 0 Å². The Morgan fingerprint density at radius 2 is 1.90 bits per heavy atom. The van der Waals surface area contributed by atoms with Crippen LogP contribution in [-0.2, 0) is 9.09 Å². The molecule has 2 nitrogen and oxygen atoms in total. The summed E-state index contributed by atoms with van der Waals surface area (Å²) in [6, 6.07) is 0. The second kappa shape index (κ2) is 3.99. The van der Waals surface area contributed by atoms with Crippen LogP contribution in [0.2, 0.25) is 0 Å². The van der Waals surface area contributed by atoms with E-state index in [4.69, 9.17) is 0 Å². The molecule has 0 aromatic heterocycles. The Balaban J connectivity index is 2.19. The van der Waals surface area contributed by atoms with Gasteiger partial charge in [-0.05, 0) is 12.8 Å². The second-order valence-corrected chi connectivity index (χ2v) is 3.21. The van der Waals surface area contributed by atoms with Crippen LogP contribution < -0.4 is 0 Å². The standard InChI is InChI=1S/C6H11FO2P/c7-10(8)9-6-4-2-1-3-5-6/h6H,1-5H2/q+1. The van der Waals surface area contributed by atoms with E-state index in [1.165, 1.54) is 6.42 Å². The van der Waals surface area contributed by atoms with Crippen molar-refractivity contribution in [1.29, 1.82) is 0 Å². The molecule has 1 aliphatic carbocycles. The Bertz CT molecular complexity index is 123. The van der Waals surface area contributed by atoms with E-state index in [9.17, 15) is 8.76 Å². The molecule has 0 aliphatic heterocycles. The van der Waals surface area contributed by atoms with Gasteiger partial charge < -0.3 is 0 Å². The van der Waals surface area contributed by atoms with Crippen LogP contribution in [0.25, 0.3) is 0 Å². The lowest BCUT2D eigenvalue weighted by molar-refractivity contribution is 0.156. The molecule has 1 atom stereocenters. The maximum absolute atomic E-state index is 11.8. The molecule has 0 N–H and O–H groups in total. The van der Waals surface area contributed by atoms with Crippen molar-refractivity contribution in [3.05, 3.63) is 0 Å². The molecule has 10 heavy (non-hydrogen) atoms. The molecule has 0 aromatic rings. The smallest absolute Gasteiger partial charge is 0.112 e. The zero-order valence-electron chi connectivity index (χ0n) is 5.75. The van der Waals surface area contributed by atoms with E-state index in [1.807, 2.05) is 0 Å². The van der Waals surface area contributed by atoms with Gasteiger partial charge in [-0.25, -0.2) is 0 Å². The highest BCUT2D eigenvalue weighted by Crippen LogP contribution is 2.31. The summed E-state index contributed by atoms with van der Waals surface area (Å²) in [5, 5.41) is 0. The van der Waals surface area contributed by atoms with Gasteiger partial charge in [-0.1, -0.05) is 19.3 Å². The Labute approximate surface area is 60.8 Å². The van der Waals surface area contributed by atoms with Crippen molar-refractivity contribution in [3.63, 3.8) is 0 Å². The first kappa shape index (κ1) is 8.09. The molecule has 0 radical (unpaired) electrons. The molecule has 0 spiro atoms. The maximum Gasteiger partial charge on any atom is 0.746 e. The summed E-state index contributed by atoms with van der Waals surface area (Å²) in [6.45, 7) is 0. The Morgan fingerprint density at radius 1 is 1.30 bits per heavy atom. The largest absolute Gasteiger partial charge is 0.746 e. The molecule has 0 bridgehead atoms. The van der Waals surface area contributed by atoms with Crippen molar-refractivity contribution in [2.45, 2.75) is 38.2 Å². The minimum Gasteiger partial charge on any atom is -0.112 e. The summed E-state index contributed by atoms with van der Waals surface area (Å²) in [4.78, 5) is 0. The van der Waals surface area contributed by atoms with E-state index in [-0.39, 0.29) is 6.10 Å². The lowest BCUT2D eigenvalue weighted by atomic mass is 9.98. The fraction of sp³-hybridized carbons (Fsp3) is 1.00. The highest BCUT2D eigenvalue weighted by Gasteiger charge is 2.26. The number of hydrogen-bond donors (Lipinski definition) is 0. The van der Waals surface area contributed by atoms with Gasteiger partial charge in [-0.15, -0.1) is 4.52 Å². The molecule has 0 saturated heterocycles. The number of halogens is 1. The van der Waals surface area contributed by atoms with E-state index in [1.54, 1.807) is 0 Å². The first-order valence-electron chi connectivity index (χ1n) is 3.59. The van der Waals surface area contributed by atoms with Gasteiger partial charge in [0.15, 0.2) is 0 Å². The molecule has 1 saturated carbocycles. The molecular weight excluding hydrogens is 154 g/mol. The zero-order valence-corrected chi connectivity index (χ0v) is 6.65. The third-order valence-electron chi connectivity index (χ3n) is 1.78. The Hall–Kier alpha value is -0.0100. The number of rotatable bonds is 2. The molecule has 1 unspecified atom stereocenters. The highest BCUT2D eigenvalue weighted by molar-refractivity contribution is 7.32. The van der Waals surface area contributed by atoms with Crippen molar-refractivity contribution in [3.8, 4) is 0 Å². The number of hydrogen-bond acceptors (Lipinski definition) is 2. The van der Waals surface area contributed by atoms with Crippen molar-refractivity contribution >= 4 is 8.34 Å². The van der Waals surface area contributed by atoms with Gasteiger partial charge in [0.2, 0.25) is 0 Å². The molecule has 0 heterocycles. The zero-order chi connectivity index (χ0) is 7.40. The second-order valence-electron chi connectivity index (χ2n) is 2.58. The van der Waals surface area contributed by atoms with E-state index in [0.29, 0.717) is 0 Å². The quantitative estimate of drug-likeness (QED) is 0.588. The normalized spacial score (nSPS) is 22.7. The van der Waals surface area contributed by atoms with Gasteiger partial charge in [0, 0.05) is 4.57 Å². The minimum absolute atomic E-state index is 0.0811. The Kier molecular flexibility index (Phi) is 3.23. The summed E-state index contributed by atoms with van der Waals surface area (Å²) >= 11 is 0. The Morgan fingerprint density at radius 3 is 2.40 bits per heavy atom. The van der Waals surface area contributed by atoms with Crippen LogP contribution in [0.15, 0.2) is 0 Å². The molecule has 4 heteroatoms. The molecule has 1 rings (SSSR count). The van der Waals surface area contributed by atoms with Crippen molar-refractivity contribution in [1.82, 2.24) is 0 Å². The van der Waals surface area contributed by atoms with E-state index >= 15 is 0 Å². The summed E-state index contributed by atoms with van der Waals surface area (Å²) < 4.78 is 26.3. The topological polar surface area (TPSA) is 26.3 Å². The van der Waals surface area contributed by atoms with Gasteiger partial charge in [0.1, 0.15) is 6.10 Å². The van der Waals surface area contributed by atoms with E-state index < -0.39 is 8.34 Å². The van der Waals surface area contributed by atoms with E-state index in [2.05, 4.69) is 4.52 Å². The minimum atomic E-state index is -2.87. The van der Waals surface area contributed by atoms with Crippen LogP contribution in [0.4, 0.5) is 4.20 Å². The predicted octanol–water partition coefficient (Wildman–Crippen LogP) is 2.96. The third-order valence-corrected chi connectivity index (χ3v) is 2.25. The van der Waals surface area contributed by atoms with E-state index in [0.717, 1.165) is 25.7 Å². The first-order chi connectivity index (χ1) is 4.79. The average Bonchev–Trinajstić information content (AvgIpc) is 1.88. The summed E-state index contributed by atoms with van der Waals surface area (Å²) in [7, 11) is -2.87. The van der Waals surface area contributed by atoms with Crippen molar-refractivity contribution in [2.75, 3.05) is 0 Å². The third kappa shape index (κ3) is 2.72. The van der Waals surface area contributed by atoms with Gasteiger partial charge in [-0.2, -0.15) is 0 Å². The van der Waals surface area contributed by atoms with Crippen LogP contribution in [0.5, 0.6) is 0 Å². The monoisotopic (exact) mass is 165 g/mol. The molecule has 58 valence electrons. The van der Waals surface area contributed by atoms with Gasteiger partial charge in [0.25, 0.3) is 0 Å². The molecule has 0 amide bonds. The fourth-order valence-corrected chi connectivity index (χ4v) is 1.73. The lowest BCUT2D eigenvalue weighted by Crippen LogP contribution is -2.12. The lowest BCUT2D eigenvalue weighted by Gasteiger charge is -2.14. The first-order valence-corrected chi connectivity index (χ1v) is 4.65. The van der Waals surface area contributed by atoms with Crippen LogP contribution in [0, 0.1) is 0 Å². The summed E-state index contributed by atoms with van der Waals surface area (Å²) in [5.74, 6) is 0. The fourth-order valence-electron chi connectivity index (χ4n) is 1.29. The SMILES string of the molecule is O=[P+](F)OC1CCCCC1. The van der Waals surface area contributed by atoms with Crippen LogP contribution in [-0.4, -0.2) is 6.10 Å². The van der Waals surface area contributed by atoms with Gasteiger partial charge in [0.05, 0.1) is 4.20 Å². The predicted molar refractivity (Wildman–Crippen MR) is 36.7 cm³/mol. The van der Waals surface area contributed by atoms with Gasteiger partial charge >= 0.3 is 8.34 Å². The maximum atomic E-state index is 11.8.